The fourth-order valence-corrected chi connectivity index (χ4v) is 4.30. The van der Waals surface area contributed by atoms with Crippen LogP contribution in [0, 0.1) is 6.92 Å². The van der Waals surface area contributed by atoms with Crippen LogP contribution in [-0.4, -0.2) is 63.7 Å². The maximum absolute atomic E-state index is 12.6. The van der Waals surface area contributed by atoms with E-state index in [0.29, 0.717) is 18.0 Å². The van der Waals surface area contributed by atoms with Crippen molar-refractivity contribution in [1.29, 1.82) is 0 Å². The number of ether oxygens (including phenoxy) is 1. The van der Waals surface area contributed by atoms with Crippen molar-refractivity contribution in [3.8, 4) is 17.1 Å². The first-order chi connectivity index (χ1) is 15.6. The number of piperidine rings is 1. The second kappa shape index (κ2) is 10.6. The monoisotopic (exact) mass is 452 g/mol. The minimum atomic E-state index is -0.0397. The Labute approximate surface area is 193 Å². The minimum absolute atomic E-state index is 0.0397. The first-order valence-corrected chi connectivity index (χ1v) is 11.3. The summed E-state index contributed by atoms with van der Waals surface area (Å²) in [5, 5.41) is 17.3. The lowest BCUT2D eigenvalue weighted by atomic mass is 10.0. The Morgan fingerprint density at radius 2 is 2.06 bits per heavy atom. The van der Waals surface area contributed by atoms with Crippen LogP contribution < -0.4 is 10.1 Å². The number of aromatic amines is 1. The Kier molecular flexibility index (Phi) is 7.39. The Hall–Kier alpha value is -2.91. The van der Waals surface area contributed by atoms with Crippen LogP contribution in [0.1, 0.15) is 35.2 Å². The average Bonchev–Trinajstić information content (AvgIpc) is 3.33. The molecule has 9 heteroatoms. The van der Waals surface area contributed by atoms with E-state index in [1.165, 1.54) is 0 Å². The van der Waals surface area contributed by atoms with E-state index in [4.69, 9.17) is 4.74 Å². The summed E-state index contributed by atoms with van der Waals surface area (Å²) >= 11 is 4.44. The number of hydrogen-bond donors (Lipinski definition) is 3. The van der Waals surface area contributed by atoms with Gasteiger partial charge in [-0.05, 0) is 61.2 Å². The van der Waals surface area contributed by atoms with E-state index < -0.39 is 0 Å². The lowest BCUT2D eigenvalue weighted by molar-refractivity contribution is 0.0906. The molecule has 2 heterocycles. The number of rotatable bonds is 8. The van der Waals surface area contributed by atoms with Crippen LogP contribution in [0.3, 0.4) is 0 Å². The summed E-state index contributed by atoms with van der Waals surface area (Å²) < 4.78 is 5.98. The van der Waals surface area contributed by atoms with E-state index in [9.17, 15) is 4.79 Å². The van der Waals surface area contributed by atoms with Crippen LogP contribution in [-0.2, 0) is 0 Å². The van der Waals surface area contributed by atoms with Gasteiger partial charge in [0.2, 0.25) is 5.82 Å². The first-order valence-electron chi connectivity index (χ1n) is 10.9. The van der Waals surface area contributed by atoms with Crippen LogP contribution in [0.2, 0.25) is 0 Å². The molecule has 2 N–H and O–H groups in total. The van der Waals surface area contributed by atoms with Crippen LogP contribution in [0.25, 0.3) is 11.4 Å². The fraction of sp³-hybridized carbons (Fsp3) is 0.391. The van der Waals surface area contributed by atoms with E-state index in [1.807, 2.05) is 49.4 Å². The van der Waals surface area contributed by atoms with Gasteiger partial charge in [-0.3, -0.25) is 4.79 Å². The van der Waals surface area contributed by atoms with Crippen molar-refractivity contribution < 1.29 is 9.53 Å². The third-order valence-electron chi connectivity index (χ3n) is 5.67. The summed E-state index contributed by atoms with van der Waals surface area (Å²) in [6, 6.07) is 13.6. The minimum Gasteiger partial charge on any atom is -0.493 e. The number of likely N-dealkylation sites (tertiary alicyclic amines) is 1. The molecule has 0 atom stereocenters. The van der Waals surface area contributed by atoms with Gasteiger partial charge in [0, 0.05) is 30.6 Å². The molecule has 0 bridgehead atoms. The number of nitrogens with zero attached hydrogens (tertiary/aromatic N) is 4. The normalized spacial score (nSPS) is 14.9. The highest BCUT2D eigenvalue weighted by molar-refractivity contribution is 7.80. The molecule has 1 aliphatic rings. The second-order valence-electron chi connectivity index (χ2n) is 8.04. The molecular weight excluding hydrogens is 424 g/mol. The molecule has 32 heavy (non-hydrogen) atoms. The molecular formula is C23H28N6O2S. The van der Waals surface area contributed by atoms with E-state index in [-0.39, 0.29) is 11.9 Å². The van der Waals surface area contributed by atoms with Gasteiger partial charge >= 0.3 is 0 Å². The number of hydrogen-bond acceptors (Lipinski definition) is 7. The van der Waals surface area contributed by atoms with Crippen molar-refractivity contribution in [2.75, 3.05) is 26.2 Å². The predicted octanol–water partition coefficient (Wildman–Crippen LogP) is 3.13. The molecule has 8 nitrogen and oxygen atoms in total. The van der Waals surface area contributed by atoms with Gasteiger partial charge in [-0.15, -0.1) is 22.8 Å². The standard InChI is InChI=1S/C23H28N6O2S/c1-16-7-8-19(21(32)15-16)23(30)24-17-9-12-29(13-10-17)11-4-14-31-20-6-3-2-5-18(20)22-25-27-28-26-22/h2-3,5-8,15,17,32H,4,9-14H2,1H3,(H,24,30)(H,25,26,27,28). The molecule has 0 unspecified atom stereocenters. The molecule has 2 aromatic carbocycles. The van der Waals surface area contributed by atoms with Crippen molar-refractivity contribution in [3.05, 3.63) is 53.6 Å². The summed E-state index contributed by atoms with van der Waals surface area (Å²) in [7, 11) is 0. The fourth-order valence-electron chi connectivity index (χ4n) is 3.92. The smallest absolute Gasteiger partial charge is 0.252 e. The molecule has 3 aromatic rings. The zero-order chi connectivity index (χ0) is 22.3. The number of benzene rings is 2. The Morgan fingerprint density at radius 1 is 1.25 bits per heavy atom. The van der Waals surface area contributed by atoms with Gasteiger partial charge in [-0.2, -0.15) is 5.21 Å². The topological polar surface area (TPSA) is 96.0 Å². The van der Waals surface area contributed by atoms with Gasteiger partial charge < -0.3 is 15.0 Å². The molecule has 0 aliphatic carbocycles. The highest BCUT2D eigenvalue weighted by Crippen LogP contribution is 2.26. The van der Waals surface area contributed by atoms with E-state index in [1.54, 1.807) is 0 Å². The zero-order valence-electron chi connectivity index (χ0n) is 18.1. The summed E-state index contributed by atoms with van der Waals surface area (Å²) in [6.45, 7) is 5.50. The third-order valence-corrected chi connectivity index (χ3v) is 6.04. The van der Waals surface area contributed by atoms with Gasteiger partial charge in [-0.1, -0.05) is 18.2 Å². The van der Waals surface area contributed by atoms with Crippen LogP contribution in [0.4, 0.5) is 0 Å². The molecule has 168 valence electrons. The maximum Gasteiger partial charge on any atom is 0.252 e. The number of amides is 1. The number of nitrogens with one attached hydrogen (secondary N) is 2. The number of carbonyl (C=O) groups is 1. The molecule has 1 fully saturated rings. The number of aromatic nitrogens is 4. The van der Waals surface area contributed by atoms with Gasteiger partial charge in [0.15, 0.2) is 0 Å². The molecule has 1 amide bonds. The summed E-state index contributed by atoms with van der Waals surface area (Å²) in [5.41, 5.74) is 2.57. The van der Waals surface area contributed by atoms with Gasteiger partial charge in [0.05, 0.1) is 17.7 Å². The van der Waals surface area contributed by atoms with Crippen LogP contribution in [0.5, 0.6) is 5.75 Å². The Bertz CT molecular complexity index is 1030. The third kappa shape index (κ3) is 5.66. The van der Waals surface area contributed by atoms with Crippen LogP contribution in [0.15, 0.2) is 47.4 Å². The largest absolute Gasteiger partial charge is 0.493 e. The van der Waals surface area contributed by atoms with Crippen molar-refractivity contribution in [2.24, 2.45) is 0 Å². The Balaban J connectivity index is 1.18. The number of aryl methyl sites for hydroxylation is 1. The van der Waals surface area contributed by atoms with Crippen molar-refractivity contribution in [3.63, 3.8) is 0 Å². The molecule has 1 aliphatic heterocycles. The lowest BCUT2D eigenvalue weighted by Gasteiger charge is -2.32. The van der Waals surface area contributed by atoms with Gasteiger partial charge in [0.25, 0.3) is 5.91 Å². The number of thiol groups is 1. The van der Waals surface area contributed by atoms with Crippen molar-refractivity contribution in [1.82, 2.24) is 30.8 Å². The lowest BCUT2D eigenvalue weighted by Crippen LogP contribution is -2.45. The quantitative estimate of drug-likeness (QED) is 0.359. The SMILES string of the molecule is Cc1ccc(C(=O)NC2CCN(CCCOc3ccccc3-c3nn[nH]n3)CC2)c(S)c1. The second-order valence-corrected chi connectivity index (χ2v) is 8.53. The van der Waals surface area contributed by atoms with Crippen molar-refractivity contribution >= 4 is 18.5 Å². The zero-order valence-corrected chi connectivity index (χ0v) is 19.0. The molecule has 0 spiro atoms. The predicted molar refractivity (Wildman–Crippen MR) is 125 cm³/mol. The van der Waals surface area contributed by atoms with Gasteiger partial charge in [-0.25, -0.2) is 0 Å². The highest BCUT2D eigenvalue weighted by atomic mass is 32.1. The summed E-state index contributed by atoms with van der Waals surface area (Å²) in [6.07, 6.45) is 2.81. The summed E-state index contributed by atoms with van der Waals surface area (Å²) in [5.74, 6) is 1.25. The number of tetrazole rings is 1. The molecule has 4 rings (SSSR count). The first kappa shape index (κ1) is 22.3. The van der Waals surface area contributed by atoms with E-state index in [0.717, 1.165) is 60.7 Å². The van der Waals surface area contributed by atoms with E-state index >= 15 is 0 Å². The van der Waals surface area contributed by atoms with E-state index in [2.05, 4.69) is 43.5 Å². The molecule has 0 saturated carbocycles. The number of para-hydroxylation sites is 1. The van der Waals surface area contributed by atoms with Crippen molar-refractivity contribution in [2.45, 2.75) is 37.1 Å². The van der Waals surface area contributed by atoms with Gasteiger partial charge in [0.1, 0.15) is 5.75 Å². The molecule has 1 aromatic heterocycles. The average molecular weight is 453 g/mol. The molecule has 0 radical (unpaired) electrons. The summed E-state index contributed by atoms with van der Waals surface area (Å²) in [4.78, 5) is 15.7. The number of H-pyrrole nitrogens is 1. The maximum atomic E-state index is 12.6. The number of carbonyl (C=O) groups excluding carboxylic acids is 1. The highest BCUT2D eigenvalue weighted by Gasteiger charge is 2.21. The molecule has 1 saturated heterocycles. The van der Waals surface area contributed by atoms with Crippen LogP contribution >= 0.6 is 12.6 Å². The Morgan fingerprint density at radius 3 is 2.81 bits per heavy atom.